The number of rotatable bonds is 2. The topological polar surface area (TPSA) is 40.7 Å². The summed E-state index contributed by atoms with van der Waals surface area (Å²) in [6.07, 6.45) is 7.06. The number of aromatic nitrogens is 2. The van der Waals surface area contributed by atoms with Gasteiger partial charge >= 0.3 is 0 Å². The first kappa shape index (κ1) is 11.0. The molecule has 1 unspecified atom stereocenters. The Morgan fingerprint density at radius 3 is 3.18 bits per heavy atom. The van der Waals surface area contributed by atoms with Gasteiger partial charge in [0.25, 0.3) is 0 Å². The van der Waals surface area contributed by atoms with E-state index >= 15 is 0 Å². The van der Waals surface area contributed by atoms with Gasteiger partial charge in [-0.2, -0.15) is 11.3 Å². The Bertz CT molecular complexity index is 453. The molecule has 2 aromatic rings. The normalized spacial score (nSPS) is 21.3. The second kappa shape index (κ2) is 5.02. The molecular weight excluding hydrogens is 230 g/mol. The molecule has 0 radical (unpaired) electrons. The molecular formula is C13H17N3S. The first-order valence-electron chi connectivity index (χ1n) is 6.24. The molecule has 1 atom stereocenters. The van der Waals surface area contributed by atoms with E-state index in [2.05, 4.69) is 32.1 Å². The Labute approximate surface area is 105 Å². The van der Waals surface area contributed by atoms with Gasteiger partial charge in [-0.15, -0.1) is 0 Å². The number of aromatic amines is 1. The Hall–Kier alpha value is -1.13. The Morgan fingerprint density at radius 2 is 2.29 bits per heavy atom. The van der Waals surface area contributed by atoms with Crippen LogP contribution in [0.5, 0.6) is 0 Å². The molecule has 3 rings (SSSR count). The van der Waals surface area contributed by atoms with Crippen molar-refractivity contribution in [2.45, 2.75) is 31.7 Å². The minimum absolute atomic E-state index is 0.407. The number of H-pyrrole nitrogens is 1. The Kier molecular flexibility index (Phi) is 3.25. The van der Waals surface area contributed by atoms with Crippen LogP contribution in [-0.4, -0.2) is 16.5 Å². The van der Waals surface area contributed by atoms with Gasteiger partial charge in [-0.1, -0.05) is 12.8 Å². The van der Waals surface area contributed by atoms with Gasteiger partial charge in [0.15, 0.2) is 0 Å². The number of thiophene rings is 1. The van der Waals surface area contributed by atoms with Crippen molar-refractivity contribution in [3.63, 3.8) is 0 Å². The Balaban J connectivity index is 1.79. The SMILES string of the molecule is c1cc(-c2cnc(C3CCCCCN3)[nH]2)cs1. The molecule has 1 aliphatic rings. The molecule has 4 heteroatoms. The number of hydrogen-bond acceptors (Lipinski definition) is 3. The van der Waals surface area contributed by atoms with Crippen molar-refractivity contribution in [1.29, 1.82) is 0 Å². The fourth-order valence-corrected chi connectivity index (χ4v) is 3.00. The standard InChI is InChI=1S/C13H17N3S/c1-2-4-11(14-6-3-1)13-15-8-12(16-13)10-5-7-17-9-10/h5,7-9,11,14H,1-4,6H2,(H,15,16). The molecule has 1 fully saturated rings. The van der Waals surface area contributed by atoms with Crippen LogP contribution in [0.2, 0.25) is 0 Å². The molecule has 0 bridgehead atoms. The summed E-state index contributed by atoms with van der Waals surface area (Å²) in [5.74, 6) is 1.09. The molecule has 3 nitrogen and oxygen atoms in total. The summed E-state index contributed by atoms with van der Waals surface area (Å²) in [7, 11) is 0. The van der Waals surface area contributed by atoms with Gasteiger partial charge in [-0.3, -0.25) is 0 Å². The number of imidazole rings is 1. The highest BCUT2D eigenvalue weighted by atomic mass is 32.1. The Morgan fingerprint density at radius 1 is 1.29 bits per heavy atom. The van der Waals surface area contributed by atoms with E-state index in [9.17, 15) is 0 Å². The molecule has 0 spiro atoms. The highest BCUT2D eigenvalue weighted by Gasteiger charge is 2.16. The fraction of sp³-hybridized carbons (Fsp3) is 0.462. The van der Waals surface area contributed by atoms with Crippen molar-refractivity contribution in [3.05, 3.63) is 28.8 Å². The van der Waals surface area contributed by atoms with Crippen LogP contribution in [0.25, 0.3) is 11.3 Å². The predicted octanol–water partition coefficient (Wildman–Crippen LogP) is 3.34. The first-order valence-corrected chi connectivity index (χ1v) is 7.18. The number of nitrogens with zero attached hydrogens (tertiary/aromatic N) is 1. The molecule has 2 N–H and O–H groups in total. The van der Waals surface area contributed by atoms with Crippen LogP contribution in [-0.2, 0) is 0 Å². The zero-order valence-electron chi connectivity index (χ0n) is 9.78. The summed E-state index contributed by atoms with van der Waals surface area (Å²) >= 11 is 1.72. The molecule has 0 aromatic carbocycles. The average Bonchev–Trinajstić information content (AvgIpc) is 2.95. The van der Waals surface area contributed by atoms with Crippen molar-refractivity contribution in [3.8, 4) is 11.3 Å². The smallest absolute Gasteiger partial charge is 0.123 e. The molecule has 3 heterocycles. The lowest BCUT2D eigenvalue weighted by Crippen LogP contribution is -2.21. The molecule has 0 saturated carbocycles. The molecule has 17 heavy (non-hydrogen) atoms. The van der Waals surface area contributed by atoms with Crippen LogP contribution in [0.3, 0.4) is 0 Å². The maximum atomic E-state index is 4.52. The largest absolute Gasteiger partial charge is 0.341 e. The van der Waals surface area contributed by atoms with Crippen molar-refractivity contribution in [2.24, 2.45) is 0 Å². The van der Waals surface area contributed by atoms with E-state index in [0.717, 1.165) is 18.1 Å². The molecule has 0 aliphatic carbocycles. The molecule has 0 amide bonds. The summed E-state index contributed by atoms with van der Waals surface area (Å²) in [6.45, 7) is 1.11. The molecule has 1 saturated heterocycles. The van der Waals surface area contributed by atoms with Crippen molar-refractivity contribution in [1.82, 2.24) is 15.3 Å². The number of nitrogens with one attached hydrogen (secondary N) is 2. The van der Waals surface area contributed by atoms with Crippen LogP contribution in [0.1, 0.15) is 37.5 Å². The van der Waals surface area contributed by atoms with Crippen molar-refractivity contribution >= 4 is 11.3 Å². The van der Waals surface area contributed by atoms with Crippen LogP contribution in [0.15, 0.2) is 23.0 Å². The molecule has 90 valence electrons. The lowest BCUT2D eigenvalue weighted by Gasteiger charge is -2.12. The molecule has 1 aliphatic heterocycles. The van der Waals surface area contributed by atoms with Gasteiger partial charge in [-0.25, -0.2) is 4.98 Å². The van der Waals surface area contributed by atoms with E-state index in [0.29, 0.717) is 6.04 Å². The van der Waals surface area contributed by atoms with E-state index in [-0.39, 0.29) is 0 Å². The van der Waals surface area contributed by atoms with Gasteiger partial charge < -0.3 is 10.3 Å². The molecule has 2 aromatic heterocycles. The number of hydrogen-bond donors (Lipinski definition) is 2. The van der Waals surface area contributed by atoms with Crippen LogP contribution < -0.4 is 5.32 Å². The summed E-state index contributed by atoms with van der Waals surface area (Å²) in [6, 6.07) is 2.53. The summed E-state index contributed by atoms with van der Waals surface area (Å²) in [5.41, 5.74) is 2.37. The third kappa shape index (κ3) is 2.42. The highest BCUT2D eigenvalue weighted by Crippen LogP contribution is 2.24. The first-order chi connectivity index (χ1) is 8.43. The van der Waals surface area contributed by atoms with E-state index in [1.54, 1.807) is 11.3 Å². The second-order valence-electron chi connectivity index (χ2n) is 4.55. The lowest BCUT2D eigenvalue weighted by molar-refractivity contribution is 0.512. The zero-order valence-corrected chi connectivity index (χ0v) is 10.6. The summed E-state index contributed by atoms with van der Waals surface area (Å²) in [5, 5.41) is 7.81. The fourth-order valence-electron chi connectivity index (χ4n) is 2.34. The van der Waals surface area contributed by atoms with Gasteiger partial charge in [0.2, 0.25) is 0 Å². The van der Waals surface area contributed by atoms with Crippen LogP contribution >= 0.6 is 11.3 Å². The van der Waals surface area contributed by atoms with Gasteiger partial charge in [0.1, 0.15) is 5.82 Å². The van der Waals surface area contributed by atoms with E-state index < -0.39 is 0 Å². The van der Waals surface area contributed by atoms with E-state index in [1.807, 2.05) is 6.20 Å². The van der Waals surface area contributed by atoms with Gasteiger partial charge in [0.05, 0.1) is 17.9 Å². The highest BCUT2D eigenvalue weighted by molar-refractivity contribution is 7.08. The maximum Gasteiger partial charge on any atom is 0.123 e. The minimum Gasteiger partial charge on any atom is -0.341 e. The van der Waals surface area contributed by atoms with Crippen LogP contribution in [0.4, 0.5) is 0 Å². The average molecular weight is 247 g/mol. The predicted molar refractivity (Wildman–Crippen MR) is 71.1 cm³/mol. The van der Waals surface area contributed by atoms with E-state index in [4.69, 9.17) is 0 Å². The van der Waals surface area contributed by atoms with Crippen LogP contribution in [0, 0.1) is 0 Å². The van der Waals surface area contributed by atoms with Gasteiger partial charge in [0, 0.05) is 10.9 Å². The zero-order chi connectivity index (χ0) is 11.5. The third-order valence-corrected chi connectivity index (χ3v) is 4.00. The van der Waals surface area contributed by atoms with Crippen molar-refractivity contribution in [2.75, 3.05) is 6.54 Å². The summed E-state index contributed by atoms with van der Waals surface area (Å²) in [4.78, 5) is 7.97. The monoisotopic (exact) mass is 247 g/mol. The van der Waals surface area contributed by atoms with Crippen molar-refractivity contribution < 1.29 is 0 Å². The van der Waals surface area contributed by atoms with E-state index in [1.165, 1.54) is 31.2 Å². The van der Waals surface area contributed by atoms with Gasteiger partial charge in [-0.05, 0) is 30.8 Å². The summed E-state index contributed by atoms with van der Waals surface area (Å²) < 4.78 is 0. The maximum absolute atomic E-state index is 4.52. The quantitative estimate of drug-likeness (QED) is 0.854. The lowest BCUT2D eigenvalue weighted by atomic mass is 10.1. The minimum atomic E-state index is 0.407. The second-order valence-corrected chi connectivity index (χ2v) is 5.33. The third-order valence-electron chi connectivity index (χ3n) is 3.32.